The molecule has 0 bridgehead atoms. The second-order valence-electron chi connectivity index (χ2n) is 0.875. The van der Waals surface area contributed by atoms with Gasteiger partial charge in [-0.3, -0.25) is 9.52 Å². The van der Waals surface area contributed by atoms with Gasteiger partial charge in [0, 0.05) is 6.26 Å². The first-order valence-corrected chi connectivity index (χ1v) is 2.99. The zero-order chi connectivity index (χ0) is 5.70. The Morgan fingerprint density at radius 1 is 2.00 bits per heavy atom. The minimum absolute atomic E-state index is 0.146. The molecule has 0 aromatic heterocycles. The Labute approximate surface area is 47.1 Å². The maximum atomic E-state index is 10.2. The first kappa shape index (κ1) is 6.56. The van der Waals surface area contributed by atoms with E-state index in [-0.39, 0.29) is 5.91 Å². The van der Waals surface area contributed by atoms with E-state index in [2.05, 4.69) is 11.3 Å². The van der Waals surface area contributed by atoms with Gasteiger partial charge in [-0.1, -0.05) is 18.5 Å². The van der Waals surface area contributed by atoms with Gasteiger partial charge in [0.05, 0.1) is 0 Å². The number of carbonyl (C=O) groups excluding carboxylic acids is 1. The average Bonchev–Trinajstić information content (AvgIpc) is 1.68. The second kappa shape index (κ2) is 3.74. The standard InChI is InChI=1S/C4H7NOS/c1-3-4(6)5-7-2/h3H,1H2,2H3,(H,5,6). The number of hydrogen-bond acceptors (Lipinski definition) is 2. The van der Waals surface area contributed by atoms with Crippen molar-refractivity contribution in [3.05, 3.63) is 12.7 Å². The molecule has 3 heteroatoms. The summed E-state index contributed by atoms with van der Waals surface area (Å²) in [7, 11) is 0. The van der Waals surface area contributed by atoms with Crippen LogP contribution in [0.15, 0.2) is 12.7 Å². The lowest BCUT2D eigenvalue weighted by atomic mass is 10.6. The molecule has 0 aliphatic rings. The molecule has 2 nitrogen and oxygen atoms in total. The third kappa shape index (κ3) is 3.39. The van der Waals surface area contributed by atoms with Gasteiger partial charge in [-0.15, -0.1) is 0 Å². The summed E-state index contributed by atoms with van der Waals surface area (Å²) in [6, 6.07) is 0. The zero-order valence-corrected chi connectivity index (χ0v) is 4.92. The predicted molar refractivity (Wildman–Crippen MR) is 31.9 cm³/mol. The van der Waals surface area contributed by atoms with Gasteiger partial charge in [-0.25, -0.2) is 0 Å². The lowest BCUT2D eigenvalue weighted by Gasteiger charge is -1.89. The van der Waals surface area contributed by atoms with Gasteiger partial charge in [0.25, 0.3) is 5.91 Å². The van der Waals surface area contributed by atoms with Crippen LogP contribution in [-0.2, 0) is 4.79 Å². The lowest BCUT2D eigenvalue weighted by Crippen LogP contribution is -2.10. The summed E-state index contributed by atoms with van der Waals surface area (Å²) in [6.07, 6.45) is 3.01. The fourth-order valence-electron chi connectivity index (χ4n) is 0.142. The highest BCUT2D eigenvalue weighted by atomic mass is 32.2. The average molecular weight is 117 g/mol. The van der Waals surface area contributed by atoms with Crippen LogP contribution < -0.4 is 4.72 Å². The molecule has 0 rings (SSSR count). The minimum Gasteiger partial charge on any atom is -0.297 e. The monoisotopic (exact) mass is 117 g/mol. The molecule has 0 aliphatic heterocycles. The Morgan fingerprint density at radius 2 is 2.57 bits per heavy atom. The van der Waals surface area contributed by atoms with Crippen LogP contribution in [0.25, 0.3) is 0 Å². The van der Waals surface area contributed by atoms with Crippen LogP contribution in [0.3, 0.4) is 0 Å². The van der Waals surface area contributed by atoms with Gasteiger partial charge < -0.3 is 0 Å². The van der Waals surface area contributed by atoms with E-state index < -0.39 is 0 Å². The Hall–Kier alpha value is -0.440. The van der Waals surface area contributed by atoms with Crippen molar-refractivity contribution >= 4 is 17.9 Å². The molecule has 7 heavy (non-hydrogen) atoms. The third-order valence-electron chi connectivity index (χ3n) is 0.388. The Balaban J connectivity index is 3.17. The van der Waals surface area contributed by atoms with Crippen molar-refractivity contribution in [3.63, 3.8) is 0 Å². The summed E-state index contributed by atoms with van der Waals surface area (Å²) in [5.74, 6) is -0.146. The second-order valence-corrected chi connectivity index (χ2v) is 1.49. The highest BCUT2D eigenvalue weighted by molar-refractivity contribution is 7.97. The van der Waals surface area contributed by atoms with Gasteiger partial charge in [-0.05, 0) is 6.08 Å². The van der Waals surface area contributed by atoms with Crippen LogP contribution in [-0.4, -0.2) is 12.2 Å². The first-order valence-electron chi connectivity index (χ1n) is 1.76. The number of hydrogen-bond donors (Lipinski definition) is 1. The fourth-order valence-corrected chi connectivity index (χ4v) is 0.427. The lowest BCUT2D eigenvalue weighted by molar-refractivity contribution is -0.114. The van der Waals surface area contributed by atoms with Crippen molar-refractivity contribution in [2.24, 2.45) is 0 Å². The van der Waals surface area contributed by atoms with Gasteiger partial charge >= 0.3 is 0 Å². The molecule has 0 radical (unpaired) electrons. The van der Waals surface area contributed by atoms with E-state index in [0.717, 1.165) is 0 Å². The van der Waals surface area contributed by atoms with Gasteiger partial charge in [0.2, 0.25) is 0 Å². The molecule has 0 aromatic rings. The summed E-state index contributed by atoms with van der Waals surface area (Å²) in [4.78, 5) is 10.2. The molecule has 0 atom stereocenters. The van der Waals surface area contributed by atoms with Gasteiger partial charge in [0.15, 0.2) is 0 Å². The number of nitrogens with one attached hydrogen (secondary N) is 1. The van der Waals surface area contributed by atoms with E-state index in [1.807, 2.05) is 0 Å². The normalized spacial score (nSPS) is 7.57. The van der Waals surface area contributed by atoms with Crippen molar-refractivity contribution in [3.8, 4) is 0 Å². The molecule has 0 fully saturated rings. The molecule has 40 valence electrons. The molecule has 0 saturated carbocycles. The highest BCUT2D eigenvalue weighted by Gasteiger charge is 1.84. The Kier molecular flexibility index (Phi) is 3.50. The number of carbonyl (C=O) groups is 1. The topological polar surface area (TPSA) is 29.1 Å². The summed E-state index contributed by atoms with van der Waals surface area (Å²) in [6.45, 7) is 3.25. The van der Waals surface area contributed by atoms with Crippen molar-refractivity contribution in [1.29, 1.82) is 0 Å². The van der Waals surface area contributed by atoms with E-state index >= 15 is 0 Å². The van der Waals surface area contributed by atoms with E-state index in [1.165, 1.54) is 18.0 Å². The number of amides is 1. The summed E-state index contributed by atoms with van der Waals surface area (Å²) < 4.78 is 2.45. The molecule has 1 N–H and O–H groups in total. The van der Waals surface area contributed by atoms with Crippen LogP contribution in [0.5, 0.6) is 0 Å². The quantitative estimate of drug-likeness (QED) is 0.423. The Bertz CT molecular complexity index is 81.8. The largest absolute Gasteiger partial charge is 0.297 e. The molecule has 0 saturated heterocycles. The van der Waals surface area contributed by atoms with Crippen LogP contribution >= 0.6 is 11.9 Å². The van der Waals surface area contributed by atoms with Crippen LogP contribution in [0.4, 0.5) is 0 Å². The van der Waals surface area contributed by atoms with Crippen molar-refractivity contribution in [2.45, 2.75) is 0 Å². The van der Waals surface area contributed by atoms with E-state index in [9.17, 15) is 4.79 Å². The maximum Gasteiger partial charge on any atom is 0.253 e. The SMILES string of the molecule is C=CC(=O)NSC. The van der Waals surface area contributed by atoms with E-state index in [4.69, 9.17) is 0 Å². The molecule has 0 unspecified atom stereocenters. The van der Waals surface area contributed by atoms with Crippen molar-refractivity contribution in [2.75, 3.05) is 6.26 Å². The molecule has 0 heterocycles. The minimum atomic E-state index is -0.146. The van der Waals surface area contributed by atoms with E-state index in [1.54, 1.807) is 6.26 Å². The molecular weight excluding hydrogens is 110 g/mol. The van der Waals surface area contributed by atoms with E-state index in [0.29, 0.717) is 0 Å². The Morgan fingerprint density at radius 3 is 2.71 bits per heavy atom. The molecule has 0 spiro atoms. The van der Waals surface area contributed by atoms with Crippen LogP contribution in [0.2, 0.25) is 0 Å². The summed E-state index contributed by atoms with van der Waals surface area (Å²) in [5.41, 5.74) is 0. The molecule has 0 aliphatic carbocycles. The van der Waals surface area contributed by atoms with Crippen LogP contribution in [0.1, 0.15) is 0 Å². The van der Waals surface area contributed by atoms with Gasteiger partial charge in [-0.2, -0.15) is 0 Å². The molecular formula is C4H7NOS. The molecule has 1 amide bonds. The zero-order valence-electron chi connectivity index (χ0n) is 4.10. The highest BCUT2D eigenvalue weighted by Crippen LogP contribution is 1.79. The smallest absolute Gasteiger partial charge is 0.253 e. The first-order chi connectivity index (χ1) is 3.31. The third-order valence-corrected chi connectivity index (χ3v) is 0.793. The number of rotatable bonds is 2. The summed E-state index contributed by atoms with van der Waals surface area (Å²) in [5, 5.41) is 0. The predicted octanol–water partition coefficient (Wildman–Crippen LogP) is 0.567. The molecule has 0 aromatic carbocycles. The van der Waals surface area contributed by atoms with Crippen LogP contribution in [0, 0.1) is 0 Å². The van der Waals surface area contributed by atoms with Crippen molar-refractivity contribution < 1.29 is 4.79 Å². The summed E-state index contributed by atoms with van der Waals surface area (Å²) >= 11 is 1.26. The fraction of sp³-hybridized carbons (Fsp3) is 0.250. The van der Waals surface area contributed by atoms with Gasteiger partial charge in [0.1, 0.15) is 0 Å². The van der Waals surface area contributed by atoms with Crippen molar-refractivity contribution in [1.82, 2.24) is 4.72 Å². The maximum absolute atomic E-state index is 10.2.